The molecule has 6 heteroatoms. The van der Waals surface area contributed by atoms with Gasteiger partial charge in [-0.15, -0.1) is 0 Å². The number of carbonyl (C=O) groups is 1. The van der Waals surface area contributed by atoms with Crippen molar-refractivity contribution in [2.75, 3.05) is 6.61 Å². The normalized spacial score (nSPS) is 20.6. The lowest BCUT2D eigenvalue weighted by Gasteiger charge is -2.51. The molecule has 1 aromatic heterocycles. The summed E-state index contributed by atoms with van der Waals surface area (Å²) in [4.78, 5) is 18.2. The molecule has 0 unspecified atom stereocenters. The summed E-state index contributed by atoms with van der Waals surface area (Å²) in [5.41, 5.74) is 2.28. The maximum absolute atomic E-state index is 14.0. The number of nitrogens with zero attached hydrogens (tertiary/aromatic N) is 3. The zero-order valence-corrected chi connectivity index (χ0v) is 15.4. The second kappa shape index (κ2) is 7.82. The fourth-order valence-corrected chi connectivity index (χ4v) is 3.89. The molecule has 1 aliphatic heterocycles. The predicted octanol–water partition coefficient (Wildman–Crippen LogP) is 3.38. The summed E-state index contributed by atoms with van der Waals surface area (Å²) < 4.78 is 14.0. The highest BCUT2D eigenvalue weighted by Gasteiger charge is 2.52. The molecule has 0 saturated carbocycles. The zero-order chi connectivity index (χ0) is 20.4. The number of aromatic nitrogens is 1. The van der Waals surface area contributed by atoms with Crippen LogP contribution < -0.4 is 0 Å². The van der Waals surface area contributed by atoms with Gasteiger partial charge in [0.15, 0.2) is 0 Å². The molecule has 0 radical (unpaired) electrons. The Morgan fingerprint density at radius 3 is 2.45 bits per heavy atom. The van der Waals surface area contributed by atoms with Crippen LogP contribution in [-0.2, 0) is 0 Å². The molecular weight excluding hydrogens is 369 g/mol. The van der Waals surface area contributed by atoms with Crippen molar-refractivity contribution < 1.29 is 14.3 Å². The molecule has 1 aliphatic rings. The molecule has 2 aromatic carbocycles. The fraction of sp³-hybridized carbons (Fsp3) is 0.174. The third-order valence-corrected chi connectivity index (χ3v) is 5.33. The average molecular weight is 387 g/mol. The molecule has 144 valence electrons. The van der Waals surface area contributed by atoms with E-state index in [1.165, 1.54) is 17.2 Å². The van der Waals surface area contributed by atoms with Gasteiger partial charge >= 0.3 is 0 Å². The molecule has 1 fully saturated rings. The molecule has 2 heterocycles. The lowest BCUT2D eigenvalue weighted by Crippen LogP contribution is -2.65. The van der Waals surface area contributed by atoms with Crippen LogP contribution in [0.2, 0.25) is 0 Å². The Morgan fingerprint density at radius 2 is 1.83 bits per heavy atom. The Morgan fingerprint density at radius 1 is 1.10 bits per heavy atom. The van der Waals surface area contributed by atoms with Crippen molar-refractivity contribution in [3.63, 3.8) is 0 Å². The van der Waals surface area contributed by atoms with E-state index in [1.807, 2.05) is 12.1 Å². The largest absolute Gasteiger partial charge is 0.394 e. The smallest absolute Gasteiger partial charge is 0.273 e. The first kappa shape index (κ1) is 18.8. The number of aliphatic hydroxyl groups is 1. The van der Waals surface area contributed by atoms with Gasteiger partial charge in [0.1, 0.15) is 17.6 Å². The number of hydrogen-bond acceptors (Lipinski definition) is 4. The summed E-state index contributed by atoms with van der Waals surface area (Å²) in [6.45, 7) is -0.267. The number of carbonyl (C=O) groups excluding carboxylic acids is 1. The highest BCUT2D eigenvalue weighted by molar-refractivity contribution is 5.94. The van der Waals surface area contributed by atoms with Crippen LogP contribution in [0.1, 0.15) is 22.0 Å². The number of aliphatic hydroxyl groups excluding tert-OH is 1. The van der Waals surface area contributed by atoms with Crippen LogP contribution in [0.5, 0.6) is 0 Å². The molecule has 3 aromatic rings. The molecular formula is C23H18FN3O2. The van der Waals surface area contributed by atoms with E-state index in [0.717, 1.165) is 11.1 Å². The van der Waals surface area contributed by atoms with Crippen molar-refractivity contribution >= 4 is 5.91 Å². The third kappa shape index (κ3) is 3.26. The number of likely N-dealkylation sites (tertiary alicyclic amines) is 1. The van der Waals surface area contributed by atoms with Crippen molar-refractivity contribution in [2.45, 2.75) is 18.0 Å². The molecule has 5 nitrogen and oxygen atoms in total. The fourth-order valence-electron chi connectivity index (χ4n) is 3.89. The van der Waals surface area contributed by atoms with Crippen LogP contribution in [0.3, 0.4) is 0 Å². The molecule has 29 heavy (non-hydrogen) atoms. The summed E-state index contributed by atoms with van der Waals surface area (Å²) in [5.74, 6) is -1.01. The average Bonchev–Trinajstić information content (AvgIpc) is 2.75. The topological polar surface area (TPSA) is 77.2 Å². The summed E-state index contributed by atoms with van der Waals surface area (Å²) in [7, 11) is 0. The van der Waals surface area contributed by atoms with Crippen molar-refractivity contribution in [3.8, 4) is 17.2 Å². The standard InChI is InChI=1S/C23H18FN3O2/c24-18-6-2-1-5-17(18)15-8-10-16(11-9-15)22-20(13-25)27(21(22)14-28)23(29)19-7-3-4-12-26-19/h1-12,20-22,28H,14H2/t20-,21+,22-/m1/s1. The number of hydrogen-bond donors (Lipinski definition) is 1. The number of benzene rings is 2. The van der Waals surface area contributed by atoms with Gasteiger partial charge in [0, 0.05) is 17.7 Å². The molecule has 0 aliphatic carbocycles. The quantitative estimate of drug-likeness (QED) is 0.745. The molecule has 1 saturated heterocycles. The summed E-state index contributed by atoms with van der Waals surface area (Å²) in [5, 5.41) is 19.6. The number of nitriles is 1. The van der Waals surface area contributed by atoms with E-state index >= 15 is 0 Å². The maximum Gasteiger partial charge on any atom is 0.273 e. The van der Waals surface area contributed by atoms with Crippen LogP contribution in [0, 0.1) is 17.1 Å². The molecule has 0 bridgehead atoms. The Kier molecular flexibility index (Phi) is 5.07. The van der Waals surface area contributed by atoms with Gasteiger partial charge in [0.05, 0.1) is 18.7 Å². The SMILES string of the molecule is N#C[C@@H]1[C@@H](c2ccc(-c3ccccc3F)cc2)[C@H](CO)N1C(=O)c1ccccn1. The van der Waals surface area contributed by atoms with Crippen LogP contribution in [-0.4, -0.2) is 39.6 Å². The van der Waals surface area contributed by atoms with E-state index in [9.17, 15) is 19.6 Å². The van der Waals surface area contributed by atoms with Crippen molar-refractivity contribution in [3.05, 3.63) is 90.0 Å². The van der Waals surface area contributed by atoms with Gasteiger partial charge in [0.2, 0.25) is 0 Å². The second-order valence-corrected chi connectivity index (χ2v) is 6.88. The second-order valence-electron chi connectivity index (χ2n) is 6.88. The van der Waals surface area contributed by atoms with E-state index in [1.54, 1.807) is 48.5 Å². The minimum absolute atomic E-state index is 0.236. The Balaban J connectivity index is 1.61. The van der Waals surface area contributed by atoms with Gasteiger partial charge in [0.25, 0.3) is 5.91 Å². The first-order valence-corrected chi connectivity index (χ1v) is 9.24. The van der Waals surface area contributed by atoms with E-state index in [0.29, 0.717) is 5.56 Å². The van der Waals surface area contributed by atoms with Crippen molar-refractivity contribution in [1.82, 2.24) is 9.88 Å². The van der Waals surface area contributed by atoms with Gasteiger partial charge in [-0.2, -0.15) is 5.26 Å². The Bertz CT molecular complexity index is 1060. The number of rotatable bonds is 4. The van der Waals surface area contributed by atoms with E-state index in [2.05, 4.69) is 11.1 Å². The number of amides is 1. The van der Waals surface area contributed by atoms with Crippen LogP contribution in [0.25, 0.3) is 11.1 Å². The minimum Gasteiger partial charge on any atom is -0.394 e. The summed E-state index contributed by atoms with van der Waals surface area (Å²) in [6, 6.07) is 19.7. The lowest BCUT2D eigenvalue weighted by molar-refractivity contribution is -0.00629. The first-order valence-electron chi connectivity index (χ1n) is 9.24. The molecule has 1 amide bonds. The van der Waals surface area contributed by atoms with Crippen LogP contribution in [0.4, 0.5) is 4.39 Å². The minimum atomic E-state index is -0.707. The Labute approximate surface area is 167 Å². The van der Waals surface area contributed by atoms with Crippen molar-refractivity contribution in [1.29, 1.82) is 5.26 Å². The molecule has 1 N–H and O–H groups in total. The zero-order valence-electron chi connectivity index (χ0n) is 15.4. The number of pyridine rings is 1. The Hall–Kier alpha value is -3.56. The van der Waals surface area contributed by atoms with Crippen molar-refractivity contribution in [2.24, 2.45) is 0 Å². The highest BCUT2D eigenvalue weighted by Crippen LogP contribution is 2.41. The van der Waals surface area contributed by atoms with Gasteiger partial charge in [-0.05, 0) is 29.3 Å². The third-order valence-electron chi connectivity index (χ3n) is 5.33. The summed E-state index contributed by atoms with van der Waals surface area (Å²) >= 11 is 0. The monoisotopic (exact) mass is 387 g/mol. The molecule has 4 rings (SSSR count). The van der Waals surface area contributed by atoms with E-state index < -0.39 is 12.1 Å². The molecule has 0 spiro atoms. The maximum atomic E-state index is 14.0. The summed E-state index contributed by atoms with van der Waals surface area (Å²) in [6.07, 6.45) is 1.52. The van der Waals surface area contributed by atoms with Gasteiger partial charge in [-0.25, -0.2) is 4.39 Å². The van der Waals surface area contributed by atoms with Crippen LogP contribution in [0.15, 0.2) is 72.9 Å². The van der Waals surface area contributed by atoms with Gasteiger partial charge < -0.3 is 10.0 Å². The van der Waals surface area contributed by atoms with Gasteiger partial charge in [-0.1, -0.05) is 48.5 Å². The number of halogens is 1. The van der Waals surface area contributed by atoms with E-state index in [4.69, 9.17) is 0 Å². The predicted molar refractivity (Wildman–Crippen MR) is 105 cm³/mol. The van der Waals surface area contributed by atoms with Crippen LogP contribution >= 0.6 is 0 Å². The molecule has 3 atom stereocenters. The highest BCUT2D eigenvalue weighted by atomic mass is 19.1. The first-order chi connectivity index (χ1) is 14.2. The van der Waals surface area contributed by atoms with E-state index in [-0.39, 0.29) is 29.9 Å². The lowest BCUT2D eigenvalue weighted by atomic mass is 9.75. The van der Waals surface area contributed by atoms with Gasteiger partial charge in [-0.3, -0.25) is 9.78 Å².